The molecule has 1 aliphatic rings. The van der Waals surface area contributed by atoms with Gasteiger partial charge in [0.1, 0.15) is 5.75 Å². The topological polar surface area (TPSA) is 59.9 Å². The lowest BCUT2D eigenvalue weighted by atomic mass is 9.97. The minimum Gasteiger partial charge on any atom is -0.507 e. The van der Waals surface area contributed by atoms with Crippen LogP contribution in [-0.4, -0.2) is 48.6 Å². The summed E-state index contributed by atoms with van der Waals surface area (Å²) in [5, 5.41) is 12.1. The van der Waals surface area contributed by atoms with E-state index in [0.717, 1.165) is 24.3 Å². The van der Waals surface area contributed by atoms with E-state index in [9.17, 15) is 9.90 Å². The number of nitrogens with zero attached hydrogens (tertiary/aromatic N) is 4. The SMILES string of the molecule is CN(C)/C=C\N(C=O)c1ccc(-c2cc(Cl)cc(-c3cncc(N4CCCC4)c3)c2O)cc1Cl. The molecule has 0 radical (unpaired) electrons. The lowest BCUT2D eigenvalue weighted by molar-refractivity contribution is -0.106. The summed E-state index contributed by atoms with van der Waals surface area (Å²) < 4.78 is 0. The molecule has 176 valence electrons. The van der Waals surface area contributed by atoms with Crippen LogP contribution >= 0.6 is 23.2 Å². The van der Waals surface area contributed by atoms with Crippen LogP contribution in [0.25, 0.3) is 22.3 Å². The molecule has 1 saturated heterocycles. The van der Waals surface area contributed by atoms with Crippen LogP contribution in [0.2, 0.25) is 10.0 Å². The first-order valence-corrected chi connectivity index (χ1v) is 11.7. The van der Waals surface area contributed by atoms with Gasteiger partial charge in [0, 0.05) is 67.5 Å². The fourth-order valence-electron chi connectivity index (χ4n) is 4.02. The Morgan fingerprint density at radius 3 is 2.32 bits per heavy atom. The first kappa shape index (κ1) is 23.9. The van der Waals surface area contributed by atoms with Crippen LogP contribution in [0.15, 0.2) is 61.2 Å². The average molecular weight is 497 g/mol. The van der Waals surface area contributed by atoms with Crippen molar-refractivity contribution in [2.24, 2.45) is 0 Å². The van der Waals surface area contributed by atoms with Crippen molar-refractivity contribution in [3.63, 3.8) is 0 Å². The third-order valence-electron chi connectivity index (χ3n) is 5.76. The van der Waals surface area contributed by atoms with Gasteiger partial charge in [-0.25, -0.2) is 0 Å². The van der Waals surface area contributed by atoms with E-state index in [0.29, 0.717) is 38.8 Å². The van der Waals surface area contributed by atoms with Gasteiger partial charge in [0.15, 0.2) is 0 Å². The van der Waals surface area contributed by atoms with Gasteiger partial charge in [0.05, 0.1) is 22.6 Å². The number of phenolic OH excluding ortho intramolecular Hbond substituents is 1. The number of carbonyl (C=O) groups excluding carboxylic acids is 1. The lowest BCUT2D eigenvalue weighted by Crippen LogP contribution is -2.17. The number of aromatic hydroxyl groups is 1. The highest BCUT2D eigenvalue weighted by atomic mass is 35.5. The zero-order valence-electron chi connectivity index (χ0n) is 19.1. The predicted octanol–water partition coefficient (Wildman–Crippen LogP) is 6.02. The van der Waals surface area contributed by atoms with Crippen molar-refractivity contribution in [1.82, 2.24) is 9.88 Å². The number of rotatable bonds is 7. The van der Waals surface area contributed by atoms with Crippen molar-refractivity contribution in [2.45, 2.75) is 12.8 Å². The Morgan fingerprint density at radius 2 is 1.68 bits per heavy atom. The summed E-state index contributed by atoms with van der Waals surface area (Å²) in [7, 11) is 3.72. The van der Waals surface area contributed by atoms with Crippen molar-refractivity contribution in [3.05, 3.63) is 71.2 Å². The van der Waals surface area contributed by atoms with Gasteiger partial charge in [-0.2, -0.15) is 0 Å². The molecule has 2 aromatic carbocycles. The summed E-state index contributed by atoms with van der Waals surface area (Å²) in [6.07, 6.45) is 9.97. The molecular formula is C26H26Cl2N4O2. The summed E-state index contributed by atoms with van der Waals surface area (Å²) in [5.74, 6) is 0.0911. The van der Waals surface area contributed by atoms with E-state index < -0.39 is 0 Å². The molecular weight excluding hydrogens is 471 g/mol. The normalized spacial score (nSPS) is 13.5. The molecule has 1 fully saturated rings. The second-order valence-corrected chi connectivity index (χ2v) is 9.26. The minimum absolute atomic E-state index is 0.0911. The number of halogens is 2. The molecule has 0 bridgehead atoms. The molecule has 0 atom stereocenters. The molecule has 1 N–H and O–H groups in total. The maximum absolute atomic E-state index is 11.6. The van der Waals surface area contributed by atoms with Crippen LogP contribution in [0, 0.1) is 0 Å². The Hall–Kier alpha value is -3.22. The van der Waals surface area contributed by atoms with E-state index in [4.69, 9.17) is 23.2 Å². The molecule has 1 aliphatic heterocycles. The van der Waals surface area contributed by atoms with Gasteiger partial charge in [-0.05, 0) is 48.7 Å². The lowest BCUT2D eigenvalue weighted by Gasteiger charge is -2.19. The number of carbonyl (C=O) groups is 1. The van der Waals surface area contributed by atoms with E-state index >= 15 is 0 Å². The van der Waals surface area contributed by atoms with E-state index in [-0.39, 0.29) is 5.75 Å². The smallest absolute Gasteiger partial charge is 0.218 e. The first-order valence-electron chi connectivity index (χ1n) is 11.0. The summed E-state index contributed by atoms with van der Waals surface area (Å²) in [6, 6.07) is 10.7. The summed E-state index contributed by atoms with van der Waals surface area (Å²) in [6.45, 7) is 2.01. The van der Waals surface area contributed by atoms with Crippen molar-refractivity contribution in [3.8, 4) is 28.0 Å². The van der Waals surface area contributed by atoms with Gasteiger partial charge in [0.2, 0.25) is 6.41 Å². The number of hydrogen-bond donors (Lipinski definition) is 1. The van der Waals surface area contributed by atoms with Gasteiger partial charge >= 0.3 is 0 Å². The Balaban J connectivity index is 1.72. The molecule has 6 nitrogen and oxygen atoms in total. The van der Waals surface area contributed by atoms with Crippen molar-refractivity contribution in [1.29, 1.82) is 0 Å². The fourth-order valence-corrected chi connectivity index (χ4v) is 4.52. The van der Waals surface area contributed by atoms with Gasteiger partial charge in [0.25, 0.3) is 0 Å². The van der Waals surface area contributed by atoms with Gasteiger partial charge in [-0.15, -0.1) is 0 Å². The molecule has 2 heterocycles. The Bertz CT molecular complexity index is 1220. The molecule has 0 spiro atoms. The third kappa shape index (κ3) is 5.13. The van der Waals surface area contributed by atoms with Crippen LogP contribution in [0.5, 0.6) is 5.75 Å². The summed E-state index contributed by atoms with van der Waals surface area (Å²) in [5.41, 5.74) is 4.17. The largest absolute Gasteiger partial charge is 0.507 e. The number of benzene rings is 2. The zero-order chi connectivity index (χ0) is 24.2. The fraction of sp³-hybridized carbons (Fsp3) is 0.231. The second kappa shape index (κ2) is 10.4. The standard InChI is InChI=1S/C26H26Cl2N4O2/c1-30(2)9-10-32(17-33)25-6-5-18(12-24(25)28)22-13-20(27)14-23(26(22)34)19-11-21(16-29-15-19)31-7-3-4-8-31/h5-6,9-17,34H,3-4,7-8H2,1-2H3/b10-9-. The second-order valence-electron chi connectivity index (χ2n) is 8.42. The molecule has 0 aliphatic carbocycles. The predicted molar refractivity (Wildman–Crippen MR) is 140 cm³/mol. The number of phenols is 1. The van der Waals surface area contributed by atoms with Crippen molar-refractivity contribution in [2.75, 3.05) is 37.0 Å². The maximum Gasteiger partial charge on any atom is 0.218 e. The Morgan fingerprint density at radius 1 is 0.971 bits per heavy atom. The number of pyridine rings is 1. The highest BCUT2D eigenvalue weighted by Gasteiger charge is 2.18. The van der Waals surface area contributed by atoms with Crippen LogP contribution in [0.3, 0.4) is 0 Å². The molecule has 0 saturated carbocycles. The number of amides is 1. The average Bonchev–Trinajstić information content (AvgIpc) is 3.36. The molecule has 1 amide bonds. The highest BCUT2D eigenvalue weighted by Crippen LogP contribution is 2.42. The number of hydrogen-bond acceptors (Lipinski definition) is 5. The molecule has 8 heteroatoms. The third-order valence-corrected chi connectivity index (χ3v) is 6.28. The first-order chi connectivity index (χ1) is 16.4. The van der Waals surface area contributed by atoms with E-state index in [1.165, 1.54) is 17.7 Å². The van der Waals surface area contributed by atoms with Crippen LogP contribution in [-0.2, 0) is 4.79 Å². The van der Waals surface area contributed by atoms with Crippen molar-refractivity contribution >= 4 is 41.0 Å². The van der Waals surface area contributed by atoms with E-state index in [2.05, 4.69) is 9.88 Å². The van der Waals surface area contributed by atoms with E-state index in [1.54, 1.807) is 48.9 Å². The number of aromatic nitrogens is 1. The summed E-state index contributed by atoms with van der Waals surface area (Å²) in [4.78, 5) is 21.5. The monoisotopic (exact) mass is 496 g/mol. The molecule has 1 aromatic heterocycles. The van der Waals surface area contributed by atoms with Gasteiger partial charge in [-0.3, -0.25) is 14.7 Å². The Labute approximate surface area is 209 Å². The van der Waals surface area contributed by atoms with Gasteiger partial charge in [-0.1, -0.05) is 29.3 Å². The maximum atomic E-state index is 11.6. The molecule has 3 aromatic rings. The minimum atomic E-state index is 0.0911. The molecule has 0 unspecified atom stereocenters. The Kier molecular flexibility index (Phi) is 7.29. The quantitative estimate of drug-likeness (QED) is 0.405. The van der Waals surface area contributed by atoms with Crippen LogP contribution in [0.1, 0.15) is 12.8 Å². The summed E-state index contributed by atoms with van der Waals surface area (Å²) >= 11 is 13.0. The molecule has 4 rings (SSSR count). The number of anilines is 2. The van der Waals surface area contributed by atoms with Crippen LogP contribution < -0.4 is 9.80 Å². The molecule has 34 heavy (non-hydrogen) atoms. The highest BCUT2D eigenvalue weighted by molar-refractivity contribution is 6.34. The van der Waals surface area contributed by atoms with Gasteiger partial charge < -0.3 is 14.9 Å². The van der Waals surface area contributed by atoms with Crippen LogP contribution in [0.4, 0.5) is 11.4 Å². The van der Waals surface area contributed by atoms with E-state index in [1.807, 2.05) is 31.3 Å². The van der Waals surface area contributed by atoms with Crippen molar-refractivity contribution < 1.29 is 9.90 Å². The zero-order valence-corrected chi connectivity index (χ0v) is 20.6.